The molecule has 0 aliphatic carbocycles. The second kappa shape index (κ2) is 8.59. The Bertz CT molecular complexity index is 611. The van der Waals surface area contributed by atoms with Crippen LogP contribution in [0.3, 0.4) is 0 Å². The van der Waals surface area contributed by atoms with E-state index in [9.17, 15) is 4.79 Å². The lowest BCUT2D eigenvalue weighted by molar-refractivity contribution is 0.119. The SMILES string of the molecule is CC(C)[C@H](N[C@H](COC(=O)n1ccnc1)C(C)C)c1ccccn1. The molecule has 2 aromatic heterocycles. The summed E-state index contributed by atoms with van der Waals surface area (Å²) in [4.78, 5) is 20.3. The zero-order valence-electron chi connectivity index (χ0n) is 14.7. The van der Waals surface area contributed by atoms with E-state index in [-0.39, 0.29) is 12.1 Å². The molecule has 1 N–H and O–H groups in total. The van der Waals surface area contributed by atoms with Crippen LogP contribution >= 0.6 is 0 Å². The average molecular weight is 330 g/mol. The lowest BCUT2D eigenvalue weighted by Crippen LogP contribution is -2.43. The minimum absolute atomic E-state index is 0.0341. The van der Waals surface area contributed by atoms with Crippen molar-refractivity contribution in [2.45, 2.75) is 39.8 Å². The van der Waals surface area contributed by atoms with Crippen molar-refractivity contribution in [3.05, 3.63) is 48.8 Å². The summed E-state index contributed by atoms with van der Waals surface area (Å²) < 4.78 is 6.76. The van der Waals surface area contributed by atoms with E-state index in [0.29, 0.717) is 18.4 Å². The van der Waals surface area contributed by atoms with E-state index < -0.39 is 6.09 Å². The van der Waals surface area contributed by atoms with Gasteiger partial charge in [-0.1, -0.05) is 33.8 Å². The van der Waals surface area contributed by atoms with Crippen LogP contribution in [-0.4, -0.2) is 33.3 Å². The summed E-state index contributed by atoms with van der Waals surface area (Å²) in [6.45, 7) is 8.82. The number of hydrogen-bond donors (Lipinski definition) is 1. The monoisotopic (exact) mass is 330 g/mol. The van der Waals surface area contributed by atoms with Gasteiger partial charge in [0.05, 0.1) is 11.7 Å². The van der Waals surface area contributed by atoms with Crippen LogP contribution in [0.1, 0.15) is 39.4 Å². The molecule has 6 nitrogen and oxygen atoms in total. The van der Waals surface area contributed by atoms with Crippen LogP contribution in [0.2, 0.25) is 0 Å². The first-order valence-corrected chi connectivity index (χ1v) is 8.31. The minimum Gasteiger partial charge on any atom is -0.447 e. The van der Waals surface area contributed by atoms with Gasteiger partial charge in [0, 0.05) is 24.6 Å². The highest BCUT2D eigenvalue weighted by Crippen LogP contribution is 2.21. The predicted molar refractivity (Wildman–Crippen MR) is 92.6 cm³/mol. The Labute approximate surface area is 143 Å². The van der Waals surface area contributed by atoms with E-state index >= 15 is 0 Å². The first-order valence-electron chi connectivity index (χ1n) is 8.31. The third kappa shape index (κ3) is 4.89. The smallest absolute Gasteiger partial charge is 0.419 e. The lowest BCUT2D eigenvalue weighted by Gasteiger charge is -2.30. The molecule has 2 aromatic rings. The molecule has 0 radical (unpaired) electrons. The van der Waals surface area contributed by atoms with Gasteiger partial charge < -0.3 is 10.1 Å². The number of rotatable bonds is 7. The summed E-state index contributed by atoms with van der Waals surface area (Å²) >= 11 is 0. The van der Waals surface area contributed by atoms with Crippen molar-refractivity contribution >= 4 is 6.09 Å². The first kappa shape index (κ1) is 18.1. The number of ether oxygens (including phenoxy) is 1. The van der Waals surface area contributed by atoms with Gasteiger partial charge in [-0.3, -0.25) is 4.98 Å². The Hall–Kier alpha value is -2.21. The number of nitrogens with zero attached hydrogens (tertiary/aromatic N) is 3. The van der Waals surface area contributed by atoms with Crippen LogP contribution in [-0.2, 0) is 4.74 Å². The minimum atomic E-state index is -0.418. The molecule has 130 valence electrons. The fourth-order valence-electron chi connectivity index (χ4n) is 2.45. The van der Waals surface area contributed by atoms with Gasteiger partial charge in [0.1, 0.15) is 12.9 Å². The highest BCUT2D eigenvalue weighted by Gasteiger charge is 2.24. The summed E-state index contributed by atoms with van der Waals surface area (Å²) in [7, 11) is 0. The van der Waals surface area contributed by atoms with Crippen molar-refractivity contribution in [3.63, 3.8) is 0 Å². The Morgan fingerprint density at radius 1 is 1.21 bits per heavy atom. The van der Waals surface area contributed by atoms with Crippen molar-refractivity contribution in [1.29, 1.82) is 0 Å². The summed E-state index contributed by atoms with van der Waals surface area (Å²) in [6, 6.07) is 6.06. The number of aromatic nitrogens is 3. The molecule has 0 saturated carbocycles. The maximum Gasteiger partial charge on any atom is 0.419 e. The van der Waals surface area contributed by atoms with Gasteiger partial charge in [0.15, 0.2) is 0 Å². The van der Waals surface area contributed by atoms with Gasteiger partial charge in [-0.25, -0.2) is 14.3 Å². The third-order valence-electron chi connectivity index (χ3n) is 3.97. The molecular formula is C18H26N4O2. The van der Waals surface area contributed by atoms with Crippen molar-refractivity contribution in [3.8, 4) is 0 Å². The van der Waals surface area contributed by atoms with Crippen molar-refractivity contribution in [2.24, 2.45) is 11.8 Å². The van der Waals surface area contributed by atoms with E-state index in [0.717, 1.165) is 5.69 Å². The Balaban J connectivity index is 2.02. The second-order valence-corrected chi connectivity index (χ2v) is 6.54. The van der Waals surface area contributed by atoms with Crippen LogP contribution in [0, 0.1) is 11.8 Å². The number of hydrogen-bond acceptors (Lipinski definition) is 5. The highest BCUT2D eigenvalue weighted by atomic mass is 16.5. The van der Waals surface area contributed by atoms with Crippen LogP contribution in [0.4, 0.5) is 4.79 Å². The topological polar surface area (TPSA) is 69.0 Å². The molecule has 24 heavy (non-hydrogen) atoms. The molecule has 2 rings (SSSR count). The molecule has 0 unspecified atom stereocenters. The van der Waals surface area contributed by atoms with Gasteiger partial charge >= 0.3 is 6.09 Å². The molecule has 0 aromatic carbocycles. The van der Waals surface area contributed by atoms with Crippen LogP contribution in [0.15, 0.2) is 43.1 Å². The second-order valence-electron chi connectivity index (χ2n) is 6.54. The van der Waals surface area contributed by atoms with E-state index in [1.807, 2.05) is 18.2 Å². The molecule has 0 amide bonds. The molecule has 0 aliphatic heterocycles. The fraction of sp³-hybridized carbons (Fsp3) is 0.500. The molecule has 2 atom stereocenters. The molecule has 0 spiro atoms. The van der Waals surface area contributed by atoms with Gasteiger partial charge in [0.2, 0.25) is 0 Å². The molecule has 2 heterocycles. The van der Waals surface area contributed by atoms with Gasteiger partial charge in [-0.05, 0) is 24.0 Å². The summed E-state index contributed by atoms with van der Waals surface area (Å²) in [5.74, 6) is 0.677. The number of imidazole rings is 1. The van der Waals surface area contributed by atoms with Gasteiger partial charge in [-0.2, -0.15) is 0 Å². The molecule has 6 heteroatoms. The number of nitrogens with one attached hydrogen (secondary N) is 1. The Morgan fingerprint density at radius 3 is 2.54 bits per heavy atom. The maximum absolute atomic E-state index is 12.0. The number of carbonyl (C=O) groups is 1. The predicted octanol–water partition coefficient (Wildman–Crippen LogP) is 3.27. The molecule has 0 aliphatic rings. The maximum atomic E-state index is 12.0. The van der Waals surface area contributed by atoms with E-state index in [1.165, 1.54) is 10.9 Å². The quantitative estimate of drug-likeness (QED) is 0.844. The third-order valence-corrected chi connectivity index (χ3v) is 3.97. The molecule has 0 fully saturated rings. The zero-order chi connectivity index (χ0) is 17.5. The average Bonchev–Trinajstić information content (AvgIpc) is 3.09. The van der Waals surface area contributed by atoms with Gasteiger partial charge in [-0.15, -0.1) is 0 Å². The van der Waals surface area contributed by atoms with Crippen molar-refractivity contribution in [1.82, 2.24) is 19.9 Å². The summed E-state index contributed by atoms with van der Waals surface area (Å²) in [5, 5.41) is 3.61. The molecular weight excluding hydrogens is 304 g/mol. The first-order chi connectivity index (χ1) is 11.5. The normalized spacial score (nSPS) is 13.9. The highest BCUT2D eigenvalue weighted by molar-refractivity contribution is 5.69. The van der Waals surface area contributed by atoms with Crippen molar-refractivity contribution in [2.75, 3.05) is 6.61 Å². The summed E-state index contributed by atoms with van der Waals surface area (Å²) in [6.07, 6.45) is 5.94. The largest absolute Gasteiger partial charge is 0.447 e. The van der Waals surface area contributed by atoms with Crippen LogP contribution < -0.4 is 5.32 Å². The van der Waals surface area contributed by atoms with Crippen molar-refractivity contribution < 1.29 is 9.53 Å². The lowest BCUT2D eigenvalue weighted by atomic mass is 9.96. The van der Waals surface area contributed by atoms with E-state index in [2.05, 4.69) is 43.0 Å². The fourth-order valence-corrected chi connectivity index (χ4v) is 2.45. The van der Waals surface area contributed by atoms with E-state index in [1.54, 1.807) is 18.6 Å². The molecule has 0 bridgehead atoms. The standard InChI is InChI=1S/C18H26N4O2/c1-13(2)16(11-24-18(23)22-10-9-19-12-22)21-17(14(3)4)15-7-5-6-8-20-15/h5-10,12-14,16-17,21H,11H2,1-4H3/t16-,17+/m1/s1. The Kier molecular flexibility index (Phi) is 6.49. The number of carbonyl (C=O) groups excluding carboxylic acids is 1. The Morgan fingerprint density at radius 2 is 2.00 bits per heavy atom. The van der Waals surface area contributed by atoms with E-state index in [4.69, 9.17) is 4.74 Å². The zero-order valence-corrected chi connectivity index (χ0v) is 14.7. The summed E-state index contributed by atoms with van der Waals surface area (Å²) in [5.41, 5.74) is 0.999. The van der Waals surface area contributed by atoms with Gasteiger partial charge in [0.25, 0.3) is 0 Å². The molecule has 0 saturated heterocycles. The van der Waals surface area contributed by atoms with Crippen LogP contribution in [0.25, 0.3) is 0 Å². The van der Waals surface area contributed by atoms with Crippen LogP contribution in [0.5, 0.6) is 0 Å². The number of pyridine rings is 1.